The Balaban J connectivity index is 2.18. The Morgan fingerprint density at radius 3 is 2.93 bits per heavy atom. The molecule has 0 N–H and O–H groups in total. The monoisotopic (exact) mass is 228 g/mol. The van der Waals surface area contributed by atoms with Gasteiger partial charge in [-0.05, 0) is 37.0 Å². The zero-order valence-corrected chi connectivity index (χ0v) is 9.43. The molecule has 1 fully saturated rings. The van der Waals surface area contributed by atoms with E-state index in [1.54, 1.807) is 19.1 Å². The van der Waals surface area contributed by atoms with Crippen molar-refractivity contribution < 1.29 is 9.13 Å². The molecule has 15 heavy (non-hydrogen) atoms. The van der Waals surface area contributed by atoms with E-state index in [2.05, 4.69) is 0 Å². The SMILES string of the molecule is Cc1ccc(C2CC(Cl)CCO2)cc1F. The fraction of sp³-hybridized carbons (Fsp3) is 0.500. The number of hydrogen-bond acceptors (Lipinski definition) is 1. The molecule has 0 aliphatic carbocycles. The second-order valence-electron chi connectivity index (χ2n) is 3.99. The van der Waals surface area contributed by atoms with Gasteiger partial charge in [-0.1, -0.05) is 12.1 Å². The van der Waals surface area contributed by atoms with Gasteiger partial charge in [0.1, 0.15) is 5.82 Å². The molecule has 1 nitrogen and oxygen atoms in total. The first-order chi connectivity index (χ1) is 7.16. The van der Waals surface area contributed by atoms with Gasteiger partial charge in [-0.15, -0.1) is 11.6 Å². The average molecular weight is 229 g/mol. The predicted molar refractivity (Wildman–Crippen MR) is 58.7 cm³/mol. The summed E-state index contributed by atoms with van der Waals surface area (Å²) in [5, 5.41) is 0.146. The second kappa shape index (κ2) is 4.50. The highest BCUT2D eigenvalue weighted by molar-refractivity contribution is 6.20. The topological polar surface area (TPSA) is 9.23 Å². The van der Waals surface area contributed by atoms with E-state index < -0.39 is 0 Å². The molecule has 1 saturated heterocycles. The van der Waals surface area contributed by atoms with Crippen LogP contribution in [0.3, 0.4) is 0 Å². The van der Waals surface area contributed by atoms with Crippen LogP contribution in [0.5, 0.6) is 0 Å². The van der Waals surface area contributed by atoms with E-state index in [9.17, 15) is 4.39 Å². The van der Waals surface area contributed by atoms with Crippen LogP contribution in [0.4, 0.5) is 4.39 Å². The number of aryl methyl sites for hydroxylation is 1. The Morgan fingerprint density at radius 1 is 1.47 bits per heavy atom. The maximum atomic E-state index is 13.3. The van der Waals surface area contributed by atoms with Crippen LogP contribution < -0.4 is 0 Å². The molecule has 2 rings (SSSR count). The van der Waals surface area contributed by atoms with Crippen LogP contribution in [-0.4, -0.2) is 12.0 Å². The fourth-order valence-corrected chi connectivity index (χ4v) is 2.05. The quantitative estimate of drug-likeness (QED) is 0.668. The van der Waals surface area contributed by atoms with Crippen LogP contribution in [-0.2, 0) is 4.74 Å². The standard InChI is InChI=1S/C12H14ClFO/c1-8-2-3-9(6-11(8)14)12-7-10(13)4-5-15-12/h2-3,6,10,12H,4-5,7H2,1H3. The summed E-state index contributed by atoms with van der Waals surface area (Å²) in [6, 6.07) is 5.25. The van der Waals surface area contributed by atoms with Crippen molar-refractivity contribution in [3.05, 3.63) is 35.1 Å². The van der Waals surface area contributed by atoms with E-state index in [1.165, 1.54) is 0 Å². The largest absolute Gasteiger partial charge is 0.373 e. The van der Waals surface area contributed by atoms with E-state index in [-0.39, 0.29) is 17.3 Å². The molecule has 1 aliphatic heterocycles. The summed E-state index contributed by atoms with van der Waals surface area (Å²) in [4.78, 5) is 0. The zero-order chi connectivity index (χ0) is 10.8. The number of benzene rings is 1. The van der Waals surface area contributed by atoms with Gasteiger partial charge in [0.15, 0.2) is 0 Å². The van der Waals surface area contributed by atoms with Crippen LogP contribution in [0, 0.1) is 12.7 Å². The Bertz CT molecular complexity index is 353. The highest BCUT2D eigenvalue weighted by Crippen LogP contribution is 2.31. The number of halogens is 2. The van der Waals surface area contributed by atoms with Gasteiger partial charge in [0.2, 0.25) is 0 Å². The third kappa shape index (κ3) is 2.50. The lowest BCUT2D eigenvalue weighted by atomic mass is 10.00. The highest BCUT2D eigenvalue weighted by atomic mass is 35.5. The van der Waals surface area contributed by atoms with Crippen LogP contribution in [0.1, 0.15) is 30.1 Å². The molecule has 1 aromatic carbocycles. The lowest BCUT2D eigenvalue weighted by Gasteiger charge is -2.26. The lowest BCUT2D eigenvalue weighted by Crippen LogP contribution is -2.20. The van der Waals surface area contributed by atoms with Crippen LogP contribution in [0.2, 0.25) is 0 Å². The minimum Gasteiger partial charge on any atom is -0.373 e. The third-order valence-electron chi connectivity index (χ3n) is 2.79. The van der Waals surface area contributed by atoms with Crippen LogP contribution in [0.25, 0.3) is 0 Å². The molecular formula is C12H14ClFO. The van der Waals surface area contributed by atoms with E-state index in [0.29, 0.717) is 12.2 Å². The molecule has 1 aliphatic rings. The van der Waals surface area contributed by atoms with Crippen molar-refractivity contribution in [1.82, 2.24) is 0 Å². The summed E-state index contributed by atoms with van der Waals surface area (Å²) in [5.74, 6) is -0.173. The van der Waals surface area contributed by atoms with Crippen molar-refractivity contribution in [2.75, 3.05) is 6.61 Å². The van der Waals surface area contributed by atoms with Crippen molar-refractivity contribution in [3.8, 4) is 0 Å². The third-order valence-corrected chi connectivity index (χ3v) is 3.18. The van der Waals surface area contributed by atoms with E-state index in [4.69, 9.17) is 16.3 Å². The Hall–Kier alpha value is -0.600. The molecule has 2 unspecified atom stereocenters. The van der Waals surface area contributed by atoms with Crippen LogP contribution in [0.15, 0.2) is 18.2 Å². The van der Waals surface area contributed by atoms with Gasteiger partial charge >= 0.3 is 0 Å². The Kier molecular flexibility index (Phi) is 3.27. The van der Waals surface area contributed by atoms with E-state index in [0.717, 1.165) is 18.4 Å². The van der Waals surface area contributed by atoms with Crippen molar-refractivity contribution in [1.29, 1.82) is 0 Å². The van der Waals surface area contributed by atoms with E-state index in [1.807, 2.05) is 6.07 Å². The van der Waals surface area contributed by atoms with Crippen molar-refractivity contribution in [2.45, 2.75) is 31.2 Å². The Morgan fingerprint density at radius 2 is 2.27 bits per heavy atom. The number of rotatable bonds is 1. The first kappa shape index (κ1) is 10.9. The molecule has 2 atom stereocenters. The summed E-state index contributed by atoms with van der Waals surface area (Å²) in [7, 11) is 0. The number of ether oxygens (including phenoxy) is 1. The smallest absolute Gasteiger partial charge is 0.126 e. The fourth-order valence-electron chi connectivity index (χ4n) is 1.80. The van der Waals surface area contributed by atoms with Gasteiger partial charge in [0.25, 0.3) is 0 Å². The van der Waals surface area contributed by atoms with Gasteiger partial charge in [-0.2, -0.15) is 0 Å². The maximum Gasteiger partial charge on any atom is 0.126 e. The molecule has 0 bridgehead atoms. The molecule has 0 saturated carbocycles. The zero-order valence-electron chi connectivity index (χ0n) is 8.67. The molecular weight excluding hydrogens is 215 g/mol. The Labute approximate surface area is 94.2 Å². The van der Waals surface area contributed by atoms with Crippen molar-refractivity contribution in [2.24, 2.45) is 0 Å². The summed E-state index contributed by atoms with van der Waals surface area (Å²) < 4.78 is 18.9. The summed E-state index contributed by atoms with van der Waals surface area (Å²) in [6.07, 6.45) is 1.60. The molecule has 0 amide bonds. The van der Waals surface area contributed by atoms with E-state index >= 15 is 0 Å². The maximum absolute atomic E-state index is 13.3. The van der Waals surface area contributed by atoms with Gasteiger partial charge in [0.05, 0.1) is 6.10 Å². The molecule has 0 aromatic heterocycles. The second-order valence-corrected chi connectivity index (χ2v) is 4.61. The summed E-state index contributed by atoms with van der Waals surface area (Å²) in [5.41, 5.74) is 1.56. The molecule has 0 spiro atoms. The summed E-state index contributed by atoms with van der Waals surface area (Å²) in [6.45, 7) is 2.42. The first-order valence-corrected chi connectivity index (χ1v) is 5.62. The average Bonchev–Trinajstić information content (AvgIpc) is 2.22. The number of alkyl halides is 1. The normalized spacial score (nSPS) is 26.6. The highest BCUT2D eigenvalue weighted by Gasteiger charge is 2.22. The summed E-state index contributed by atoms with van der Waals surface area (Å²) >= 11 is 6.06. The lowest BCUT2D eigenvalue weighted by molar-refractivity contribution is 0.0167. The van der Waals surface area contributed by atoms with Crippen LogP contribution >= 0.6 is 11.6 Å². The predicted octanol–water partition coefficient (Wildman–Crippen LogP) is 3.59. The first-order valence-electron chi connectivity index (χ1n) is 5.18. The molecule has 1 heterocycles. The van der Waals surface area contributed by atoms with Gasteiger partial charge in [-0.3, -0.25) is 0 Å². The van der Waals surface area contributed by atoms with Crippen molar-refractivity contribution >= 4 is 11.6 Å². The van der Waals surface area contributed by atoms with Gasteiger partial charge in [-0.25, -0.2) is 4.39 Å². The molecule has 0 radical (unpaired) electrons. The van der Waals surface area contributed by atoms with Gasteiger partial charge in [0, 0.05) is 12.0 Å². The van der Waals surface area contributed by atoms with Gasteiger partial charge < -0.3 is 4.74 Å². The molecule has 3 heteroatoms. The molecule has 82 valence electrons. The minimum absolute atomic E-state index is 0.0450. The minimum atomic E-state index is -0.173. The number of hydrogen-bond donors (Lipinski definition) is 0. The molecule has 1 aromatic rings. The van der Waals surface area contributed by atoms with Crippen molar-refractivity contribution in [3.63, 3.8) is 0 Å².